The summed E-state index contributed by atoms with van der Waals surface area (Å²) >= 11 is 0. The maximum absolute atomic E-state index is 12.0. The van der Waals surface area contributed by atoms with Gasteiger partial charge in [-0.05, 0) is 31.9 Å². The van der Waals surface area contributed by atoms with Gasteiger partial charge >= 0.3 is 0 Å². The highest BCUT2D eigenvalue weighted by Gasteiger charge is 2.25. The van der Waals surface area contributed by atoms with Crippen molar-refractivity contribution in [2.24, 2.45) is 0 Å². The zero-order chi connectivity index (χ0) is 13.2. The molecule has 3 rings (SSSR count). The van der Waals surface area contributed by atoms with E-state index in [0.29, 0.717) is 25.0 Å². The molecule has 1 atom stereocenters. The summed E-state index contributed by atoms with van der Waals surface area (Å²) in [5, 5.41) is 6.16. The molecular formula is C14H19ClN2O3. The molecule has 0 saturated heterocycles. The third kappa shape index (κ3) is 3.55. The highest BCUT2D eigenvalue weighted by atomic mass is 35.5. The zero-order valence-corrected chi connectivity index (χ0v) is 12.2. The Hall–Kier alpha value is -1.46. The average Bonchev–Trinajstić information content (AvgIpc) is 3.22. The number of fused-ring (bicyclic) bond motifs is 1. The summed E-state index contributed by atoms with van der Waals surface area (Å²) in [6.45, 7) is 3.00. The van der Waals surface area contributed by atoms with E-state index in [1.165, 1.54) is 12.8 Å². The van der Waals surface area contributed by atoms with Gasteiger partial charge in [-0.1, -0.05) is 0 Å². The number of carbonyl (C=O) groups is 1. The summed E-state index contributed by atoms with van der Waals surface area (Å²) in [5.74, 6) is 1.39. The Labute approximate surface area is 124 Å². The van der Waals surface area contributed by atoms with Crippen molar-refractivity contribution < 1.29 is 14.3 Å². The predicted octanol–water partition coefficient (Wildman–Crippen LogP) is 1.96. The number of halogens is 1. The van der Waals surface area contributed by atoms with Gasteiger partial charge in [-0.2, -0.15) is 0 Å². The first-order chi connectivity index (χ1) is 9.22. The number of ether oxygens (including phenoxy) is 2. The second-order valence-electron chi connectivity index (χ2n) is 5.01. The average molecular weight is 299 g/mol. The molecule has 1 fully saturated rings. The normalized spacial score (nSPS) is 17.9. The minimum atomic E-state index is -0.180. The summed E-state index contributed by atoms with van der Waals surface area (Å²) in [5.41, 5.74) is 0.735. The van der Waals surface area contributed by atoms with Crippen molar-refractivity contribution in [3.8, 4) is 11.5 Å². The Morgan fingerprint density at radius 1 is 1.25 bits per heavy atom. The molecule has 0 spiro atoms. The smallest absolute Gasteiger partial charge is 0.241 e. The molecule has 1 amide bonds. The minimum Gasteiger partial charge on any atom is -0.486 e. The second kappa shape index (κ2) is 6.33. The van der Waals surface area contributed by atoms with Gasteiger partial charge in [-0.3, -0.25) is 4.79 Å². The summed E-state index contributed by atoms with van der Waals surface area (Å²) in [4.78, 5) is 12.0. The van der Waals surface area contributed by atoms with Crippen molar-refractivity contribution in [1.82, 2.24) is 5.32 Å². The van der Waals surface area contributed by atoms with Crippen LogP contribution in [0, 0.1) is 0 Å². The number of hydrogen-bond acceptors (Lipinski definition) is 4. The summed E-state index contributed by atoms with van der Waals surface area (Å²) in [6, 6.07) is 5.79. The highest BCUT2D eigenvalue weighted by Crippen LogP contribution is 2.32. The highest BCUT2D eigenvalue weighted by molar-refractivity contribution is 5.94. The Morgan fingerprint density at radius 3 is 2.65 bits per heavy atom. The molecule has 0 aromatic heterocycles. The number of hydrogen-bond donors (Lipinski definition) is 2. The van der Waals surface area contributed by atoms with Crippen LogP contribution in [0.15, 0.2) is 18.2 Å². The van der Waals surface area contributed by atoms with Gasteiger partial charge in [0.05, 0.1) is 6.04 Å². The molecule has 2 aliphatic rings. The lowest BCUT2D eigenvalue weighted by molar-refractivity contribution is -0.117. The van der Waals surface area contributed by atoms with Gasteiger partial charge in [0.25, 0.3) is 0 Å². The third-order valence-electron chi connectivity index (χ3n) is 3.27. The number of benzene rings is 1. The number of nitrogens with one attached hydrogen (secondary N) is 2. The standard InChI is InChI=1S/C14H18N2O3.ClH/c1-9(15-10-2-3-10)14(17)16-11-4-5-12-13(8-11)19-7-6-18-12;/h4-5,8-10,15H,2-3,6-7H2,1H3,(H,16,17);1H. The summed E-state index contributed by atoms with van der Waals surface area (Å²) < 4.78 is 10.9. The Balaban J connectivity index is 0.00000147. The maximum atomic E-state index is 12.0. The first-order valence-corrected chi connectivity index (χ1v) is 6.69. The van der Waals surface area contributed by atoms with Crippen LogP contribution in [0.3, 0.4) is 0 Å². The number of anilines is 1. The maximum Gasteiger partial charge on any atom is 0.241 e. The Morgan fingerprint density at radius 2 is 1.95 bits per heavy atom. The van der Waals surface area contributed by atoms with E-state index >= 15 is 0 Å². The largest absolute Gasteiger partial charge is 0.486 e. The molecule has 0 radical (unpaired) electrons. The number of rotatable bonds is 4. The predicted molar refractivity (Wildman–Crippen MR) is 78.9 cm³/mol. The molecule has 2 N–H and O–H groups in total. The molecule has 110 valence electrons. The first-order valence-electron chi connectivity index (χ1n) is 6.69. The van der Waals surface area contributed by atoms with Gasteiger partial charge in [0.2, 0.25) is 5.91 Å². The summed E-state index contributed by atoms with van der Waals surface area (Å²) in [6.07, 6.45) is 2.34. The number of amides is 1. The fourth-order valence-corrected chi connectivity index (χ4v) is 2.05. The van der Waals surface area contributed by atoms with Crippen LogP contribution in [-0.4, -0.2) is 31.2 Å². The molecule has 5 nitrogen and oxygen atoms in total. The molecule has 1 unspecified atom stereocenters. The monoisotopic (exact) mass is 298 g/mol. The van der Waals surface area contributed by atoms with Crippen LogP contribution in [0.1, 0.15) is 19.8 Å². The fourth-order valence-electron chi connectivity index (χ4n) is 2.05. The Bertz CT molecular complexity index is 491. The molecule has 1 aliphatic carbocycles. The third-order valence-corrected chi connectivity index (χ3v) is 3.27. The van der Waals surface area contributed by atoms with E-state index in [2.05, 4.69) is 10.6 Å². The molecule has 6 heteroatoms. The van der Waals surface area contributed by atoms with Crippen molar-refractivity contribution in [3.63, 3.8) is 0 Å². The van der Waals surface area contributed by atoms with Gasteiger partial charge < -0.3 is 20.1 Å². The van der Waals surface area contributed by atoms with Crippen LogP contribution in [-0.2, 0) is 4.79 Å². The fraction of sp³-hybridized carbons (Fsp3) is 0.500. The molecule has 1 saturated carbocycles. The van der Waals surface area contributed by atoms with Crippen molar-refractivity contribution >= 4 is 24.0 Å². The molecule has 1 aliphatic heterocycles. The van der Waals surface area contributed by atoms with Crippen molar-refractivity contribution in [2.45, 2.75) is 31.8 Å². The van der Waals surface area contributed by atoms with E-state index in [0.717, 1.165) is 11.4 Å². The molecular weight excluding hydrogens is 280 g/mol. The van der Waals surface area contributed by atoms with E-state index in [1.54, 1.807) is 6.07 Å². The molecule has 1 aromatic carbocycles. The molecule has 0 bridgehead atoms. The van der Waals surface area contributed by atoms with Crippen LogP contribution in [0.5, 0.6) is 11.5 Å². The Kier molecular flexibility index (Phi) is 4.73. The van der Waals surface area contributed by atoms with E-state index in [9.17, 15) is 4.79 Å². The quantitative estimate of drug-likeness (QED) is 0.892. The van der Waals surface area contributed by atoms with Gasteiger partial charge in [0.15, 0.2) is 11.5 Å². The number of carbonyl (C=O) groups excluding carboxylic acids is 1. The van der Waals surface area contributed by atoms with Crippen molar-refractivity contribution in [3.05, 3.63) is 18.2 Å². The molecule has 1 aromatic rings. The van der Waals surface area contributed by atoms with Gasteiger partial charge in [0.1, 0.15) is 13.2 Å². The zero-order valence-electron chi connectivity index (χ0n) is 11.3. The first kappa shape index (κ1) is 14.9. The van der Waals surface area contributed by atoms with E-state index < -0.39 is 0 Å². The van der Waals surface area contributed by atoms with E-state index in [4.69, 9.17) is 9.47 Å². The summed E-state index contributed by atoms with van der Waals surface area (Å²) in [7, 11) is 0. The van der Waals surface area contributed by atoms with E-state index in [-0.39, 0.29) is 24.4 Å². The van der Waals surface area contributed by atoms with Gasteiger partial charge in [-0.15, -0.1) is 12.4 Å². The van der Waals surface area contributed by atoms with Gasteiger partial charge in [0, 0.05) is 17.8 Å². The SMILES string of the molecule is CC(NC1CC1)C(=O)Nc1ccc2c(c1)OCCO2.Cl. The van der Waals surface area contributed by atoms with Crippen molar-refractivity contribution in [2.75, 3.05) is 18.5 Å². The molecule has 20 heavy (non-hydrogen) atoms. The van der Waals surface area contributed by atoms with Gasteiger partial charge in [-0.25, -0.2) is 0 Å². The second-order valence-corrected chi connectivity index (χ2v) is 5.01. The minimum absolute atomic E-state index is 0. The van der Waals surface area contributed by atoms with Crippen LogP contribution >= 0.6 is 12.4 Å². The lowest BCUT2D eigenvalue weighted by Gasteiger charge is -2.19. The van der Waals surface area contributed by atoms with E-state index in [1.807, 2.05) is 19.1 Å². The van der Waals surface area contributed by atoms with Crippen LogP contribution in [0.2, 0.25) is 0 Å². The van der Waals surface area contributed by atoms with Crippen molar-refractivity contribution in [1.29, 1.82) is 0 Å². The van der Waals surface area contributed by atoms with Crippen LogP contribution in [0.4, 0.5) is 5.69 Å². The topological polar surface area (TPSA) is 59.6 Å². The van der Waals surface area contributed by atoms with Crippen LogP contribution < -0.4 is 20.1 Å². The lowest BCUT2D eigenvalue weighted by Crippen LogP contribution is -2.39. The molecule has 1 heterocycles. The van der Waals surface area contributed by atoms with Crippen LogP contribution in [0.25, 0.3) is 0 Å². The lowest BCUT2D eigenvalue weighted by atomic mass is 10.2.